The van der Waals surface area contributed by atoms with Gasteiger partial charge >= 0.3 is 0 Å². The predicted octanol–water partition coefficient (Wildman–Crippen LogP) is 3.36. The van der Waals surface area contributed by atoms with Gasteiger partial charge in [0.05, 0.1) is 5.69 Å². The largest absolute Gasteiger partial charge is 0.281 e. The van der Waals surface area contributed by atoms with Crippen molar-refractivity contribution >= 4 is 22.9 Å². The average Bonchev–Trinajstić information content (AvgIpc) is 2.88. The molecule has 0 fully saturated rings. The molecule has 0 radical (unpaired) electrons. The second kappa shape index (κ2) is 4.15. The summed E-state index contributed by atoms with van der Waals surface area (Å²) in [7, 11) is 0. The van der Waals surface area contributed by atoms with E-state index in [-0.39, 0.29) is 5.38 Å². The highest BCUT2D eigenvalue weighted by atomic mass is 35.5. The number of aromatic amines is 1. The van der Waals surface area contributed by atoms with Gasteiger partial charge in [0.2, 0.25) is 0 Å². The molecule has 0 aromatic carbocycles. The fourth-order valence-corrected chi connectivity index (χ4v) is 2.56. The fraction of sp³-hybridized carbons (Fsp3) is 0.300. The number of halogens is 1. The summed E-state index contributed by atoms with van der Waals surface area (Å²) in [5.41, 5.74) is 0.955. The topological polar surface area (TPSA) is 28.7 Å². The normalized spacial score (nSPS) is 13.0. The molecule has 0 amide bonds. The molecule has 74 valence electrons. The first-order chi connectivity index (χ1) is 6.81. The maximum absolute atomic E-state index is 6.28. The van der Waals surface area contributed by atoms with Gasteiger partial charge in [-0.1, -0.05) is 6.92 Å². The Balaban J connectivity index is 2.23. The number of hydrogen-bond acceptors (Lipinski definition) is 2. The molecule has 1 N–H and O–H groups in total. The summed E-state index contributed by atoms with van der Waals surface area (Å²) in [6.07, 6.45) is 2.79. The zero-order valence-corrected chi connectivity index (χ0v) is 9.40. The van der Waals surface area contributed by atoms with Crippen molar-refractivity contribution in [3.63, 3.8) is 0 Å². The molecule has 0 saturated heterocycles. The Labute approximate surface area is 91.9 Å². The van der Waals surface area contributed by atoms with E-state index >= 15 is 0 Å². The third-order valence-electron chi connectivity index (χ3n) is 2.08. The lowest BCUT2D eigenvalue weighted by Crippen LogP contribution is -1.89. The minimum Gasteiger partial charge on any atom is -0.281 e. The molecular weight excluding hydrogens is 216 g/mol. The number of alkyl halides is 1. The van der Waals surface area contributed by atoms with E-state index in [9.17, 15) is 0 Å². The second-order valence-electron chi connectivity index (χ2n) is 3.03. The van der Waals surface area contributed by atoms with Crippen molar-refractivity contribution < 1.29 is 0 Å². The lowest BCUT2D eigenvalue weighted by Gasteiger charge is -2.02. The first-order valence-corrected chi connectivity index (χ1v) is 5.78. The van der Waals surface area contributed by atoms with Crippen LogP contribution in [0.1, 0.15) is 27.7 Å². The van der Waals surface area contributed by atoms with E-state index in [1.54, 1.807) is 17.5 Å². The summed E-state index contributed by atoms with van der Waals surface area (Å²) in [6.45, 7) is 2.15. The van der Waals surface area contributed by atoms with Gasteiger partial charge in [0.15, 0.2) is 0 Å². The molecule has 0 aliphatic heterocycles. The van der Waals surface area contributed by atoms with E-state index in [1.807, 2.05) is 6.07 Å². The lowest BCUT2D eigenvalue weighted by molar-refractivity contribution is 0.988. The highest BCUT2D eigenvalue weighted by Crippen LogP contribution is 2.32. The van der Waals surface area contributed by atoms with Crippen molar-refractivity contribution in [1.29, 1.82) is 0 Å². The van der Waals surface area contributed by atoms with Gasteiger partial charge in [-0.15, -0.1) is 22.9 Å². The average molecular weight is 227 g/mol. The van der Waals surface area contributed by atoms with Crippen LogP contribution in [-0.2, 0) is 6.42 Å². The minimum absolute atomic E-state index is 0.0946. The molecule has 0 spiro atoms. The SMILES string of the molecule is CCc1ccc(C(Cl)c2ccn[nH]2)s1. The summed E-state index contributed by atoms with van der Waals surface area (Å²) in [4.78, 5) is 2.54. The van der Waals surface area contributed by atoms with Crippen LogP contribution in [-0.4, -0.2) is 10.2 Å². The zero-order chi connectivity index (χ0) is 9.97. The molecule has 0 aliphatic rings. The quantitative estimate of drug-likeness (QED) is 0.799. The van der Waals surface area contributed by atoms with E-state index in [2.05, 4.69) is 29.3 Å². The minimum atomic E-state index is -0.0946. The fourth-order valence-electron chi connectivity index (χ4n) is 1.28. The van der Waals surface area contributed by atoms with Gasteiger partial charge in [0.1, 0.15) is 5.38 Å². The van der Waals surface area contributed by atoms with Gasteiger partial charge in [0.25, 0.3) is 0 Å². The van der Waals surface area contributed by atoms with E-state index in [0.29, 0.717) is 0 Å². The molecule has 2 rings (SSSR count). The Morgan fingerprint density at radius 1 is 1.50 bits per heavy atom. The maximum atomic E-state index is 6.28. The van der Waals surface area contributed by atoms with Crippen LogP contribution in [0.2, 0.25) is 0 Å². The summed E-state index contributed by atoms with van der Waals surface area (Å²) in [5, 5.41) is 6.68. The zero-order valence-electron chi connectivity index (χ0n) is 7.83. The van der Waals surface area contributed by atoms with Crippen LogP contribution >= 0.6 is 22.9 Å². The summed E-state index contributed by atoms with van der Waals surface area (Å²) in [6, 6.07) is 6.12. The number of aromatic nitrogens is 2. The first-order valence-electron chi connectivity index (χ1n) is 4.53. The van der Waals surface area contributed by atoms with E-state index in [1.165, 1.54) is 9.75 Å². The summed E-state index contributed by atoms with van der Waals surface area (Å²) >= 11 is 8.04. The molecular formula is C10H11ClN2S. The number of rotatable bonds is 3. The Morgan fingerprint density at radius 3 is 2.93 bits per heavy atom. The van der Waals surface area contributed by atoms with Crippen molar-refractivity contribution in [3.8, 4) is 0 Å². The number of thiophene rings is 1. The maximum Gasteiger partial charge on any atom is 0.109 e. The van der Waals surface area contributed by atoms with Gasteiger partial charge in [-0.3, -0.25) is 5.10 Å². The molecule has 0 saturated carbocycles. The van der Waals surface area contributed by atoms with Crippen LogP contribution < -0.4 is 0 Å². The van der Waals surface area contributed by atoms with Crippen LogP contribution in [0.4, 0.5) is 0 Å². The van der Waals surface area contributed by atoms with Crippen LogP contribution in [0.15, 0.2) is 24.4 Å². The molecule has 1 atom stereocenters. The van der Waals surface area contributed by atoms with Gasteiger partial charge in [0, 0.05) is 16.0 Å². The van der Waals surface area contributed by atoms with Gasteiger partial charge in [-0.2, -0.15) is 5.10 Å². The highest BCUT2D eigenvalue weighted by Gasteiger charge is 2.13. The molecule has 4 heteroatoms. The van der Waals surface area contributed by atoms with Crippen LogP contribution in [0, 0.1) is 0 Å². The lowest BCUT2D eigenvalue weighted by atomic mass is 10.2. The molecule has 2 aromatic rings. The smallest absolute Gasteiger partial charge is 0.109 e. The van der Waals surface area contributed by atoms with Crippen molar-refractivity contribution in [2.75, 3.05) is 0 Å². The van der Waals surface area contributed by atoms with Gasteiger partial charge in [-0.25, -0.2) is 0 Å². The standard InChI is InChI=1S/C10H11ClN2S/c1-2-7-3-4-9(14-7)10(11)8-5-6-12-13-8/h3-6,10H,2H2,1H3,(H,12,13). The van der Waals surface area contributed by atoms with E-state index in [0.717, 1.165) is 12.1 Å². The second-order valence-corrected chi connectivity index (χ2v) is 4.67. The number of nitrogens with one attached hydrogen (secondary N) is 1. The molecule has 14 heavy (non-hydrogen) atoms. The van der Waals surface area contributed by atoms with Gasteiger partial charge < -0.3 is 0 Å². The third kappa shape index (κ3) is 1.83. The Hall–Kier alpha value is -0.800. The molecule has 0 aliphatic carbocycles. The van der Waals surface area contributed by atoms with Crippen LogP contribution in [0.25, 0.3) is 0 Å². The summed E-state index contributed by atoms with van der Waals surface area (Å²) in [5.74, 6) is 0. The number of H-pyrrole nitrogens is 1. The van der Waals surface area contributed by atoms with Crippen molar-refractivity contribution in [2.45, 2.75) is 18.7 Å². The Bertz CT molecular complexity index is 394. The molecule has 2 aromatic heterocycles. The van der Waals surface area contributed by atoms with Crippen molar-refractivity contribution in [2.24, 2.45) is 0 Å². The molecule has 0 bridgehead atoms. The molecule has 2 nitrogen and oxygen atoms in total. The van der Waals surface area contributed by atoms with Crippen molar-refractivity contribution in [3.05, 3.63) is 39.8 Å². The highest BCUT2D eigenvalue weighted by molar-refractivity contribution is 7.12. The number of aryl methyl sites for hydroxylation is 1. The monoisotopic (exact) mass is 226 g/mol. The third-order valence-corrected chi connectivity index (χ3v) is 3.97. The Morgan fingerprint density at radius 2 is 2.36 bits per heavy atom. The van der Waals surface area contributed by atoms with Crippen LogP contribution in [0.3, 0.4) is 0 Å². The molecule has 1 unspecified atom stereocenters. The van der Waals surface area contributed by atoms with Crippen LogP contribution in [0.5, 0.6) is 0 Å². The number of nitrogens with zero attached hydrogens (tertiary/aromatic N) is 1. The van der Waals surface area contributed by atoms with E-state index < -0.39 is 0 Å². The first kappa shape index (κ1) is 9.74. The Kier molecular flexibility index (Phi) is 2.89. The summed E-state index contributed by atoms with van der Waals surface area (Å²) < 4.78 is 0. The predicted molar refractivity (Wildman–Crippen MR) is 60.0 cm³/mol. The molecule has 2 heterocycles. The van der Waals surface area contributed by atoms with Crippen molar-refractivity contribution in [1.82, 2.24) is 10.2 Å². The van der Waals surface area contributed by atoms with Gasteiger partial charge in [-0.05, 0) is 24.6 Å². The van der Waals surface area contributed by atoms with E-state index in [4.69, 9.17) is 11.6 Å². The number of hydrogen-bond donors (Lipinski definition) is 1.